The maximum atomic E-state index is 12.7. The summed E-state index contributed by atoms with van der Waals surface area (Å²) in [5.74, 6) is -0.475. The van der Waals surface area contributed by atoms with E-state index < -0.39 is 11.4 Å². The second-order valence-electron chi connectivity index (χ2n) is 9.00. The van der Waals surface area contributed by atoms with E-state index in [-0.39, 0.29) is 52.6 Å². The fourth-order valence-corrected chi connectivity index (χ4v) is 4.70. The predicted molar refractivity (Wildman–Crippen MR) is 107 cm³/mol. The van der Waals surface area contributed by atoms with Gasteiger partial charge in [0.2, 0.25) is 0 Å². The Morgan fingerprint density at radius 1 is 1.25 bits per heavy atom. The topological polar surface area (TPSA) is 83.8 Å². The van der Waals surface area contributed by atoms with Crippen LogP contribution in [-0.2, 0) is 6.42 Å². The quantitative estimate of drug-likeness (QED) is 0.430. The Morgan fingerprint density at radius 3 is 2.50 bits per heavy atom. The summed E-state index contributed by atoms with van der Waals surface area (Å²) in [6, 6.07) is 0. The van der Waals surface area contributed by atoms with Gasteiger partial charge in [-0.05, 0) is 31.6 Å². The molecule has 0 saturated carbocycles. The molecule has 28 heavy (non-hydrogen) atoms. The van der Waals surface area contributed by atoms with Crippen molar-refractivity contribution < 1.29 is 24.5 Å². The molecule has 152 valence electrons. The lowest BCUT2D eigenvalue weighted by Gasteiger charge is -2.50. The first-order valence-corrected chi connectivity index (χ1v) is 10.1. The summed E-state index contributed by atoms with van der Waals surface area (Å²) in [7, 11) is 0. The van der Waals surface area contributed by atoms with Gasteiger partial charge in [-0.1, -0.05) is 39.3 Å². The third-order valence-corrected chi connectivity index (χ3v) is 6.27. The van der Waals surface area contributed by atoms with Crippen LogP contribution >= 0.6 is 0 Å². The number of phenols is 2. The number of aromatic hydroxyl groups is 2. The molecular weight excluding hydrogens is 356 g/mol. The van der Waals surface area contributed by atoms with E-state index in [1.54, 1.807) is 0 Å². The van der Waals surface area contributed by atoms with E-state index in [1.165, 1.54) is 5.57 Å². The summed E-state index contributed by atoms with van der Waals surface area (Å²) < 4.78 is 6.43. The molecule has 2 atom stereocenters. The van der Waals surface area contributed by atoms with E-state index >= 15 is 0 Å². The van der Waals surface area contributed by atoms with Crippen LogP contribution in [0.25, 0.3) is 0 Å². The molecule has 1 aromatic rings. The number of carbonyl (C=O) groups excluding carboxylic acids is 2. The van der Waals surface area contributed by atoms with Gasteiger partial charge < -0.3 is 14.9 Å². The molecule has 0 fully saturated rings. The van der Waals surface area contributed by atoms with Gasteiger partial charge in [0.1, 0.15) is 28.4 Å². The number of allylic oxidation sites excluding steroid dienone is 1. The molecule has 1 aliphatic heterocycles. The van der Waals surface area contributed by atoms with Gasteiger partial charge in [0.25, 0.3) is 0 Å². The van der Waals surface area contributed by atoms with Crippen LogP contribution in [0.3, 0.4) is 0 Å². The number of fused-ring (bicyclic) bond motifs is 2. The number of ketones is 1. The Labute approximate surface area is 166 Å². The Morgan fingerprint density at radius 2 is 1.93 bits per heavy atom. The fourth-order valence-electron chi connectivity index (χ4n) is 4.70. The Balaban J connectivity index is 2.20. The van der Waals surface area contributed by atoms with Gasteiger partial charge in [0.15, 0.2) is 12.1 Å². The Bertz CT molecular complexity index is 849. The minimum Gasteiger partial charge on any atom is -0.507 e. The van der Waals surface area contributed by atoms with Crippen molar-refractivity contribution >= 4 is 12.1 Å². The first kappa shape index (κ1) is 20.4. The van der Waals surface area contributed by atoms with Gasteiger partial charge in [-0.2, -0.15) is 0 Å². The molecular formula is C23H30O5. The van der Waals surface area contributed by atoms with Crippen molar-refractivity contribution in [3.8, 4) is 17.2 Å². The summed E-state index contributed by atoms with van der Waals surface area (Å²) in [5.41, 5.74) is 1.05. The van der Waals surface area contributed by atoms with Crippen molar-refractivity contribution in [2.24, 2.45) is 17.8 Å². The van der Waals surface area contributed by atoms with Crippen molar-refractivity contribution in [2.45, 2.75) is 65.9 Å². The van der Waals surface area contributed by atoms with Crippen molar-refractivity contribution in [3.05, 3.63) is 28.3 Å². The van der Waals surface area contributed by atoms with E-state index in [4.69, 9.17) is 4.74 Å². The molecule has 0 amide bonds. The van der Waals surface area contributed by atoms with Gasteiger partial charge in [0, 0.05) is 24.3 Å². The van der Waals surface area contributed by atoms with Crippen LogP contribution < -0.4 is 4.74 Å². The molecule has 2 N–H and O–H groups in total. The maximum absolute atomic E-state index is 12.7. The molecule has 0 saturated heterocycles. The molecule has 1 heterocycles. The Hall–Kier alpha value is -2.30. The Kier molecular flexibility index (Phi) is 5.30. The van der Waals surface area contributed by atoms with Crippen LogP contribution in [-0.4, -0.2) is 27.9 Å². The predicted octanol–water partition coefficient (Wildman–Crippen LogP) is 4.83. The molecule has 5 heteroatoms. The number of aldehydes is 1. The second-order valence-corrected chi connectivity index (χ2v) is 9.00. The minimum atomic E-state index is -0.493. The van der Waals surface area contributed by atoms with Crippen LogP contribution in [0.4, 0.5) is 0 Å². The number of rotatable bonds is 5. The molecule has 2 aliphatic rings. The first-order valence-electron chi connectivity index (χ1n) is 10.1. The highest BCUT2D eigenvalue weighted by molar-refractivity contribution is 6.05. The molecule has 2 unspecified atom stereocenters. The molecule has 3 rings (SSSR count). The molecule has 1 aliphatic carbocycles. The van der Waals surface area contributed by atoms with E-state index in [2.05, 4.69) is 26.8 Å². The highest BCUT2D eigenvalue weighted by Gasteiger charge is 2.50. The summed E-state index contributed by atoms with van der Waals surface area (Å²) >= 11 is 0. The van der Waals surface area contributed by atoms with E-state index in [0.29, 0.717) is 24.7 Å². The van der Waals surface area contributed by atoms with Crippen LogP contribution in [0.5, 0.6) is 17.2 Å². The van der Waals surface area contributed by atoms with Gasteiger partial charge >= 0.3 is 0 Å². The third kappa shape index (κ3) is 3.11. The number of Topliss-reactive ketones (excluding diaryl/α,β-unsaturated/α-hetero) is 1. The molecule has 0 spiro atoms. The summed E-state index contributed by atoms with van der Waals surface area (Å²) in [6.07, 6.45) is 4.94. The van der Waals surface area contributed by atoms with Crippen molar-refractivity contribution in [1.82, 2.24) is 0 Å². The summed E-state index contributed by atoms with van der Waals surface area (Å²) in [5, 5.41) is 21.6. The number of ether oxygens (including phenoxy) is 1. The smallest absolute Gasteiger partial charge is 0.170 e. The lowest BCUT2D eigenvalue weighted by molar-refractivity contribution is -0.0503. The average molecular weight is 386 g/mol. The van der Waals surface area contributed by atoms with Gasteiger partial charge in [-0.3, -0.25) is 9.59 Å². The summed E-state index contributed by atoms with van der Waals surface area (Å²) in [6.45, 7) is 10.1. The highest BCUT2D eigenvalue weighted by Crippen LogP contribution is 2.54. The summed E-state index contributed by atoms with van der Waals surface area (Å²) in [4.78, 5) is 24.5. The maximum Gasteiger partial charge on any atom is 0.170 e. The number of carbonyl (C=O) groups is 2. The van der Waals surface area contributed by atoms with E-state index in [9.17, 15) is 19.8 Å². The molecule has 0 aromatic heterocycles. The molecule has 1 aromatic carbocycles. The monoisotopic (exact) mass is 386 g/mol. The number of hydrogen-bond acceptors (Lipinski definition) is 5. The molecule has 5 nitrogen and oxygen atoms in total. The molecule has 0 bridgehead atoms. The van der Waals surface area contributed by atoms with E-state index in [1.807, 2.05) is 13.8 Å². The minimum absolute atomic E-state index is 0.0374. The zero-order valence-electron chi connectivity index (χ0n) is 17.3. The van der Waals surface area contributed by atoms with E-state index in [0.717, 1.165) is 6.42 Å². The SMILES string of the molecule is CC1=CCC2(C(C)C)Oc3c(C=O)c(O)c(C(=O)CC(C)C)c(O)c3CC2C1. The lowest BCUT2D eigenvalue weighted by Crippen LogP contribution is -2.53. The number of benzene rings is 1. The van der Waals surface area contributed by atoms with Crippen molar-refractivity contribution in [2.75, 3.05) is 0 Å². The van der Waals surface area contributed by atoms with Crippen molar-refractivity contribution in [3.63, 3.8) is 0 Å². The van der Waals surface area contributed by atoms with Crippen LogP contribution in [0.2, 0.25) is 0 Å². The third-order valence-electron chi connectivity index (χ3n) is 6.27. The fraction of sp³-hybridized carbons (Fsp3) is 0.565. The van der Waals surface area contributed by atoms with Gasteiger partial charge in [-0.15, -0.1) is 0 Å². The van der Waals surface area contributed by atoms with Crippen LogP contribution in [0, 0.1) is 17.8 Å². The number of hydrogen-bond donors (Lipinski definition) is 2. The van der Waals surface area contributed by atoms with Crippen LogP contribution in [0.1, 0.15) is 80.2 Å². The normalized spacial score (nSPS) is 23.7. The van der Waals surface area contributed by atoms with Crippen molar-refractivity contribution in [1.29, 1.82) is 0 Å². The number of phenolic OH excluding ortho intramolecular Hbond substituents is 2. The first-order chi connectivity index (χ1) is 13.1. The zero-order chi connectivity index (χ0) is 20.8. The van der Waals surface area contributed by atoms with Crippen LogP contribution in [0.15, 0.2) is 11.6 Å². The zero-order valence-corrected chi connectivity index (χ0v) is 17.3. The molecule has 0 radical (unpaired) electrons. The van der Waals surface area contributed by atoms with Gasteiger partial charge in [-0.25, -0.2) is 0 Å². The van der Waals surface area contributed by atoms with Gasteiger partial charge in [0.05, 0.1) is 5.56 Å². The second kappa shape index (κ2) is 7.26. The standard InChI is InChI=1S/C23H30O5/c1-12(2)8-18(25)19-20(26)16-10-15-9-14(5)6-7-23(15,13(3)4)28-22(16)17(11-24)21(19)27/h6,11-13,15,26-27H,7-10H2,1-5H3. The lowest BCUT2D eigenvalue weighted by atomic mass is 9.66. The largest absolute Gasteiger partial charge is 0.507 e. The highest BCUT2D eigenvalue weighted by atomic mass is 16.5. The average Bonchev–Trinajstić information content (AvgIpc) is 2.60.